The first-order valence-corrected chi connectivity index (χ1v) is 5.30. The van der Waals surface area contributed by atoms with Crippen molar-refractivity contribution in [3.63, 3.8) is 0 Å². The van der Waals surface area contributed by atoms with E-state index in [0.29, 0.717) is 11.3 Å². The fraction of sp³-hybridized carbons (Fsp3) is 0.167. The van der Waals surface area contributed by atoms with Crippen LogP contribution in [0.5, 0.6) is 0 Å². The van der Waals surface area contributed by atoms with E-state index >= 15 is 0 Å². The third-order valence-electron chi connectivity index (χ3n) is 2.87. The number of ether oxygens (including phenoxy) is 1. The van der Waals surface area contributed by atoms with Crippen molar-refractivity contribution in [3.05, 3.63) is 53.8 Å². The number of aromatic nitrogens is 3. The summed E-state index contributed by atoms with van der Waals surface area (Å²) in [5.74, 6) is -0.680. The average Bonchev–Trinajstić information content (AvgIpc) is 2.75. The molecule has 1 aliphatic heterocycles. The zero-order valence-electron chi connectivity index (χ0n) is 9.47. The van der Waals surface area contributed by atoms with E-state index < -0.39 is 17.2 Å². The number of benzene rings is 1. The number of hydrogen-bond acceptors (Lipinski definition) is 3. The van der Waals surface area contributed by atoms with Crippen LogP contribution in [0, 0.1) is 11.6 Å². The quantitative estimate of drug-likeness (QED) is 0.767. The summed E-state index contributed by atoms with van der Waals surface area (Å²) in [7, 11) is 0. The predicted molar refractivity (Wildman–Crippen MR) is 59.1 cm³/mol. The molecule has 1 atom stereocenters. The fourth-order valence-electron chi connectivity index (χ4n) is 1.81. The number of halogens is 2. The maximum Gasteiger partial charge on any atom is 0.192 e. The number of hydrogen-bond donors (Lipinski definition) is 0. The molecular formula is C12H9F2N3O. The SMILES string of the molecule is CC1(c2ccc(F)cc2F)O/C1=C\n1cncn1. The molecular weight excluding hydrogens is 240 g/mol. The van der Waals surface area contributed by atoms with Gasteiger partial charge in [-0.2, -0.15) is 5.10 Å². The Morgan fingerprint density at radius 1 is 1.39 bits per heavy atom. The predicted octanol–water partition coefficient (Wildman–Crippen LogP) is 2.30. The van der Waals surface area contributed by atoms with Crippen LogP contribution in [0.1, 0.15) is 12.5 Å². The summed E-state index contributed by atoms with van der Waals surface area (Å²) in [5.41, 5.74) is -0.556. The molecule has 1 unspecified atom stereocenters. The van der Waals surface area contributed by atoms with Gasteiger partial charge in [-0.1, -0.05) is 0 Å². The molecule has 1 aromatic heterocycles. The summed E-state index contributed by atoms with van der Waals surface area (Å²) in [4.78, 5) is 3.78. The van der Waals surface area contributed by atoms with Crippen LogP contribution >= 0.6 is 0 Å². The van der Waals surface area contributed by atoms with E-state index in [9.17, 15) is 8.78 Å². The first-order chi connectivity index (χ1) is 8.59. The molecule has 3 rings (SSSR count). The molecule has 6 heteroatoms. The van der Waals surface area contributed by atoms with Crippen molar-refractivity contribution in [1.29, 1.82) is 0 Å². The lowest BCUT2D eigenvalue weighted by molar-refractivity contribution is 0.328. The van der Waals surface area contributed by atoms with Gasteiger partial charge in [-0.05, 0) is 19.1 Å². The van der Waals surface area contributed by atoms with Gasteiger partial charge in [0.1, 0.15) is 24.3 Å². The zero-order chi connectivity index (χ0) is 12.8. The smallest absolute Gasteiger partial charge is 0.192 e. The molecule has 2 aromatic rings. The molecule has 0 N–H and O–H groups in total. The molecule has 92 valence electrons. The van der Waals surface area contributed by atoms with Crippen LogP contribution < -0.4 is 0 Å². The minimum absolute atomic E-state index is 0.301. The summed E-state index contributed by atoms with van der Waals surface area (Å²) in [5, 5.41) is 3.89. The van der Waals surface area contributed by atoms with Crippen LogP contribution in [0.25, 0.3) is 6.20 Å². The van der Waals surface area contributed by atoms with Gasteiger partial charge in [0.2, 0.25) is 0 Å². The Balaban J connectivity index is 1.94. The largest absolute Gasteiger partial charge is 0.473 e. The molecule has 0 spiro atoms. The van der Waals surface area contributed by atoms with Crippen molar-refractivity contribution in [2.45, 2.75) is 12.5 Å². The molecule has 1 aliphatic rings. The van der Waals surface area contributed by atoms with E-state index in [1.807, 2.05) is 0 Å². The maximum atomic E-state index is 13.7. The molecule has 4 nitrogen and oxygen atoms in total. The highest BCUT2D eigenvalue weighted by Crippen LogP contribution is 2.50. The monoisotopic (exact) mass is 249 g/mol. The van der Waals surface area contributed by atoms with Gasteiger partial charge in [-0.15, -0.1) is 0 Å². The zero-order valence-corrected chi connectivity index (χ0v) is 9.47. The van der Waals surface area contributed by atoms with Crippen molar-refractivity contribution in [1.82, 2.24) is 14.8 Å². The number of nitrogens with zero attached hydrogens (tertiary/aromatic N) is 3. The lowest BCUT2D eigenvalue weighted by Gasteiger charge is -2.04. The van der Waals surface area contributed by atoms with Gasteiger partial charge in [0, 0.05) is 11.6 Å². The first-order valence-electron chi connectivity index (χ1n) is 5.30. The van der Waals surface area contributed by atoms with Crippen LogP contribution in [0.3, 0.4) is 0 Å². The fourth-order valence-corrected chi connectivity index (χ4v) is 1.81. The van der Waals surface area contributed by atoms with Crippen LogP contribution in [0.4, 0.5) is 8.78 Å². The third-order valence-corrected chi connectivity index (χ3v) is 2.87. The minimum Gasteiger partial charge on any atom is -0.473 e. The van der Waals surface area contributed by atoms with Gasteiger partial charge in [0.15, 0.2) is 11.4 Å². The van der Waals surface area contributed by atoms with Crippen molar-refractivity contribution in [3.8, 4) is 0 Å². The first kappa shape index (κ1) is 10.9. The summed E-state index contributed by atoms with van der Waals surface area (Å²) < 4.78 is 33.4. The van der Waals surface area contributed by atoms with Gasteiger partial charge in [-0.3, -0.25) is 0 Å². The minimum atomic E-state index is -0.857. The Morgan fingerprint density at radius 3 is 2.89 bits per heavy atom. The third kappa shape index (κ3) is 1.66. The lowest BCUT2D eigenvalue weighted by atomic mass is 10.00. The summed E-state index contributed by atoms with van der Waals surface area (Å²) in [6.07, 6.45) is 4.49. The Labute approximate surface area is 102 Å². The van der Waals surface area contributed by atoms with E-state index in [4.69, 9.17) is 4.74 Å². The standard InChI is InChI=1S/C12H9F2N3O/c1-12(9-3-2-8(13)4-10(9)14)11(18-12)5-17-7-15-6-16-17/h2-7H,1H3/b11-5-. The number of rotatable bonds is 2. The maximum absolute atomic E-state index is 13.7. The average molecular weight is 249 g/mol. The van der Waals surface area contributed by atoms with Gasteiger partial charge in [-0.25, -0.2) is 18.4 Å². The number of epoxide rings is 1. The molecule has 1 fully saturated rings. The van der Waals surface area contributed by atoms with Crippen LogP contribution in [-0.4, -0.2) is 14.8 Å². The molecule has 0 bridgehead atoms. The van der Waals surface area contributed by atoms with Crippen LogP contribution in [0.2, 0.25) is 0 Å². The van der Waals surface area contributed by atoms with E-state index in [1.54, 1.807) is 13.1 Å². The van der Waals surface area contributed by atoms with E-state index in [2.05, 4.69) is 10.1 Å². The topological polar surface area (TPSA) is 43.2 Å². The summed E-state index contributed by atoms with van der Waals surface area (Å²) >= 11 is 0. The van der Waals surface area contributed by atoms with E-state index in [0.717, 1.165) is 6.07 Å². The highest BCUT2D eigenvalue weighted by atomic mass is 19.1. The lowest BCUT2D eigenvalue weighted by Crippen LogP contribution is -2.05. The van der Waals surface area contributed by atoms with Crippen molar-refractivity contribution < 1.29 is 13.5 Å². The van der Waals surface area contributed by atoms with E-state index in [-0.39, 0.29) is 0 Å². The molecule has 2 heterocycles. The van der Waals surface area contributed by atoms with Gasteiger partial charge >= 0.3 is 0 Å². The normalized spacial score (nSPS) is 24.1. The second kappa shape index (κ2) is 3.63. The second-order valence-electron chi connectivity index (χ2n) is 4.13. The second-order valence-corrected chi connectivity index (χ2v) is 4.13. The molecule has 0 amide bonds. The van der Waals surface area contributed by atoms with E-state index in [1.165, 1.54) is 29.5 Å². The van der Waals surface area contributed by atoms with Crippen LogP contribution in [0.15, 0.2) is 36.6 Å². The molecule has 0 aliphatic carbocycles. The Morgan fingerprint density at radius 2 is 2.22 bits per heavy atom. The highest BCUT2D eigenvalue weighted by molar-refractivity contribution is 5.47. The van der Waals surface area contributed by atoms with Crippen molar-refractivity contribution in [2.75, 3.05) is 0 Å². The molecule has 1 saturated heterocycles. The Kier molecular flexibility index (Phi) is 2.19. The summed E-state index contributed by atoms with van der Waals surface area (Å²) in [6.45, 7) is 1.71. The van der Waals surface area contributed by atoms with Crippen molar-refractivity contribution in [2.24, 2.45) is 0 Å². The molecule has 0 radical (unpaired) electrons. The van der Waals surface area contributed by atoms with Gasteiger partial charge < -0.3 is 4.74 Å². The molecule has 1 aromatic carbocycles. The molecule has 0 saturated carbocycles. The Bertz CT molecular complexity index is 624. The Hall–Kier alpha value is -2.24. The molecule has 18 heavy (non-hydrogen) atoms. The van der Waals surface area contributed by atoms with Crippen LogP contribution in [-0.2, 0) is 10.3 Å². The van der Waals surface area contributed by atoms with Gasteiger partial charge in [0.05, 0.1) is 6.20 Å². The van der Waals surface area contributed by atoms with Crippen molar-refractivity contribution >= 4 is 6.20 Å². The summed E-state index contributed by atoms with van der Waals surface area (Å²) in [6, 6.07) is 3.43. The highest BCUT2D eigenvalue weighted by Gasteiger charge is 2.51. The van der Waals surface area contributed by atoms with Gasteiger partial charge in [0.25, 0.3) is 0 Å².